The molecule has 4 rings (SSSR count). The van der Waals surface area contributed by atoms with Gasteiger partial charge in [-0.25, -0.2) is 0 Å². The highest BCUT2D eigenvalue weighted by atomic mass is 35.5. The van der Waals surface area contributed by atoms with Gasteiger partial charge in [0.1, 0.15) is 5.75 Å². The van der Waals surface area contributed by atoms with Crippen LogP contribution in [0.2, 0.25) is 15.1 Å². The van der Waals surface area contributed by atoms with Crippen molar-refractivity contribution in [1.82, 2.24) is 5.32 Å². The second-order valence-electron chi connectivity index (χ2n) is 8.87. The van der Waals surface area contributed by atoms with E-state index in [9.17, 15) is 14.4 Å². The largest absolute Gasteiger partial charge is 0.493 e. The summed E-state index contributed by atoms with van der Waals surface area (Å²) in [6.45, 7) is 3.85. The fourth-order valence-electron chi connectivity index (χ4n) is 4.12. The number of amides is 1. The van der Waals surface area contributed by atoms with Gasteiger partial charge in [0.15, 0.2) is 17.7 Å². The third-order valence-corrected chi connectivity index (χ3v) is 6.91. The standard InChI is InChI=1S/C29H25Cl3N2O4/c1-3-4-11-38-25-10-9-17(16(2)35)12-21(25)29(37)34-28-24(36)13-18-7-5-6-8-20(18)27(33-28)26-22(31)14-19(30)15-23(26)32/h5-10,12,14-15,28H,3-4,11,13H2,1-2H3,(H,34,37). The monoisotopic (exact) mass is 570 g/mol. The molecule has 0 spiro atoms. The van der Waals surface area contributed by atoms with Gasteiger partial charge < -0.3 is 10.1 Å². The van der Waals surface area contributed by atoms with Crippen molar-refractivity contribution in [2.75, 3.05) is 6.61 Å². The minimum Gasteiger partial charge on any atom is -0.493 e. The first-order chi connectivity index (χ1) is 18.2. The molecule has 1 atom stereocenters. The van der Waals surface area contributed by atoms with E-state index in [4.69, 9.17) is 39.5 Å². The fourth-order valence-corrected chi connectivity index (χ4v) is 5.12. The van der Waals surface area contributed by atoms with Crippen molar-refractivity contribution in [2.45, 2.75) is 39.3 Å². The lowest BCUT2D eigenvalue weighted by molar-refractivity contribution is -0.120. The lowest BCUT2D eigenvalue weighted by Crippen LogP contribution is -2.40. The number of carbonyl (C=O) groups is 3. The van der Waals surface area contributed by atoms with Crippen LogP contribution >= 0.6 is 34.8 Å². The summed E-state index contributed by atoms with van der Waals surface area (Å²) in [5.41, 5.74) is 2.65. The maximum absolute atomic E-state index is 13.5. The maximum Gasteiger partial charge on any atom is 0.257 e. The summed E-state index contributed by atoms with van der Waals surface area (Å²) in [6.07, 6.45) is 0.504. The highest BCUT2D eigenvalue weighted by Gasteiger charge is 2.30. The first kappa shape index (κ1) is 27.8. The molecule has 9 heteroatoms. The van der Waals surface area contributed by atoms with E-state index < -0.39 is 12.1 Å². The quantitative estimate of drug-likeness (QED) is 0.239. The molecule has 0 saturated heterocycles. The van der Waals surface area contributed by atoms with Crippen LogP contribution in [-0.4, -0.2) is 36.0 Å². The number of carbonyl (C=O) groups excluding carboxylic acids is 3. The number of fused-ring (bicyclic) bond motifs is 1. The molecule has 1 N–H and O–H groups in total. The zero-order chi connectivity index (χ0) is 27.4. The molecule has 0 aromatic heterocycles. The Kier molecular flexibility index (Phi) is 8.87. The number of nitrogens with one attached hydrogen (secondary N) is 1. The van der Waals surface area contributed by atoms with E-state index in [0.717, 1.165) is 18.4 Å². The van der Waals surface area contributed by atoms with Gasteiger partial charge in [-0.3, -0.25) is 19.4 Å². The SMILES string of the molecule is CCCCOc1ccc(C(C)=O)cc1C(=O)NC1N=C(c2c(Cl)cc(Cl)cc2Cl)c2ccccc2CC1=O. The molecule has 1 heterocycles. The van der Waals surface area contributed by atoms with Gasteiger partial charge in [0, 0.05) is 28.1 Å². The van der Waals surface area contributed by atoms with Gasteiger partial charge in [0.05, 0.1) is 27.9 Å². The van der Waals surface area contributed by atoms with E-state index >= 15 is 0 Å². The number of unbranched alkanes of at least 4 members (excludes halogenated alkanes) is 1. The number of hydrogen-bond acceptors (Lipinski definition) is 5. The maximum atomic E-state index is 13.5. The summed E-state index contributed by atoms with van der Waals surface area (Å²) in [6, 6.07) is 15.0. The van der Waals surface area contributed by atoms with Crippen molar-refractivity contribution in [2.24, 2.45) is 4.99 Å². The molecule has 3 aromatic rings. The average molecular weight is 572 g/mol. The number of halogens is 3. The van der Waals surface area contributed by atoms with Crippen molar-refractivity contribution in [3.8, 4) is 5.75 Å². The van der Waals surface area contributed by atoms with Crippen LogP contribution < -0.4 is 10.1 Å². The Morgan fingerprint density at radius 1 is 1.05 bits per heavy atom. The second-order valence-corrected chi connectivity index (χ2v) is 10.1. The molecule has 0 aliphatic carbocycles. The number of rotatable bonds is 8. The van der Waals surface area contributed by atoms with Crippen LogP contribution in [0.25, 0.3) is 0 Å². The minimum atomic E-state index is -1.24. The van der Waals surface area contributed by atoms with E-state index in [2.05, 4.69) is 10.3 Å². The van der Waals surface area contributed by atoms with Crippen molar-refractivity contribution in [3.63, 3.8) is 0 Å². The molecule has 1 aliphatic heterocycles. The number of aliphatic imine (C=N–C) groups is 1. The summed E-state index contributed by atoms with van der Waals surface area (Å²) in [7, 11) is 0. The van der Waals surface area contributed by atoms with E-state index in [1.165, 1.54) is 13.0 Å². The second kappa shape index (κ2) is 12.1. The summed E-state index contributed by atoms with van der Waals surface area (Å²) >= 11 is 19.2. The van der Waals surface area contributed by atoms with Crippen molar-refractivity contribution in [3.05, 3.63) is 97.5 Å². The van der Waals surface area contributed by atoms with E-state index in [1.807, 2.05) is 31.2 Å². The highest BCUT2D eigenvalue weighted by Crippen LogP contribution is 2.33. The van der Waals surface area contributed by atoms with Crippen LogP contribution in [0.5, 0.6) is 5.75 Å². The molecule has 0 saturated carbocycles. The van der Waals surface area contributed by atoms with Gasteiger partial charge in [-0.15, -0.1) is 0 Å². The number of hydrogen-bond donors (Lipinski definition) is 1. The Morgan fingerprint density at radius 3 is 2.45 bits per heavy atom. The third-order valence-electron chi connectivity index (χ3n) is 6.10. The van der Waals surface area contributed by atoms with Crippen LogP contribution in [0, 0.1) is 0 Å². The normalized spacial score (nSPS) is 14.8. The van der Waals surface area contributed by atoms with Crippen LogP contribution in [-0.2, 0) is 11.2 Å². The molecule has 1 aliphatic rings. The molecule has 3 aromatic carbocycles. The van der Waals surface area contributed by atoms with Gasteiger partial charge in [0.2, 0.25) is 0 Å². The van der Waals surface area contributed by atoms with Gasteiger partial charge >= 0.3 is 0 Å². The molecule has 0 radical (unpaired) electrons. The van der Waals surface area contributed by atoms with Gasteiger partial charge in [0.25, 0.3) is 5.91 Å². The van der Waals surface area contributed by atoms with Gasteiger partial charge in [-0.05, 0) is 49.2 Å². The van der Waals surface area contributed by atoms with Crippen molar-refractivity contribution >= 4 is 58.0 Å². The summed E-state index contributed by atoms with van der Waals surface area (Å²) in [4.78, 5) is 43.5. The molecular formula is C29H25Cl3N2O4. The Morgan fingerprint density at radius 2 is 1.76 bits per heavy atom. The minimum absolute atomic E-state index is 0.0320. The predicted molar refractivity (Wildman–Crippen MR) is 150 cm³/mol. The number of benzene rings is 3. The average Bonchev–Trinajstić information content (AvgIpc) is 3.00. The van der Waals surface area contributed by atoms with E-state index in [-0.39, 0.29) is 33.6 Å². The summed E-state index contributed by atoms with van der Waals surface area (Å²) in [5.74, 6) is -0.802. The first-order valence-electron chi connectivity index (χ1n) is 12.1. The van der Waals surface area contributed by atoms with Gasteiger partial charge in [-0.1, -0.05) is 72.4 Å². The molecule has 0 bridgehead atoms. The molecule has 1 amide bonds. The van der Waals surface area contributed by atoms with Gasteiger partial charge in [-0.2, -0.15) is 0 Å². The number of nitrogens with zero attached hydrogens (tertiary/aromatic N) is 1. The van der Waals surface area contributed by atoms with Crippen molar-refractivity contribution < 1.29 is 19.1 Å². The molecule has 6 nitrogen and oxygen atoms in total. The first-order valence-corrected chi connectivity index (χ1v) is 13.2. The lowest BCUT2D eigenvalue weighted by Gasteiger charge is -2.17. The Labute approximate surface area is 236 Å². The molecule has 1 unspecified atom stereocenters. The molecule has 38 heavy (non-hydrogen) atoms. The van der Waals surface area contributed by atoms with E-state index in [1.54, 1.807) is 24.3 Å². The zero-order valence-electron chi connectivity index (χ0n) is 20.8. The number of Topliss-reactive ketones (excluding diaryl/α,β-unsaturated/α-hetero) is 2. The summed E-state index contributed by atoms with van der Waals surface area (Å²) < 4.78 is 5.82. The predicted octanol–water partition coefficient (Wildman–Crippen LogP) is 6.75. The van der Waals surface area contributed by atoms with Crippen LogP contribution in [0.3, 0.4) is 0 Å². The Balaban J connectivity index is 1.77. The zero-order valence-corrected chi connectivity index (χ0v) is 23.1. The molecule has 0 fully saturated rings. The number of ether oxygens (including phenoxy) is 1. The number of ketones is 2. The smallest absolute Gasteiger partial charge is 0.257 e. The Bertz CT molecular complexity index is 1430. The third kappa shape index (κ3) is 6.09. The molecular weight excluding hydrogens is 547 g/mol. The van der Waals surface area contributed by atoms with Crippen LogP contribution in [0.4, 0.5) is 0 Å². The molecule has 196 valence electrons. The highest BCUT2D eigenvalue weighted by molar-refractivity contribution is 6.43. The lowest BCUT2D eigenvalue weighted by atomic mass is 9.96. The van der Waals surface area contributed by atoms with Crippen LogP contribution in [0.15, 0.2) is 59.6 Å². The van der Waals surface area contributed by atoms with Crippen molar-refractivity contribution in [1.29, 1.82) is 0 Å². The van der Waals surface area contributed by atoms with Crippen LogP contribution in [0.1, 0.15) is 64.1 Å². The fraction of sp³-hybridized carbons (Fsp3) is 0.241. The Hall–Kier alpha value is -3.19. The summed E-state index contributed by atoms with van der Waals surface area (Å²) in [5, 5.41) is 3.60. The van der Waals surface area contributed by atoms with E-state index in [0.29, 0.717) is 39.8 Å². The topological polar surface area (TPSA) is 84.8 Å².